The highest BCUT2D eigenvalue weighted by molar-refractivity contribution is 5.79. The van der Waals surface area contributed by atoms with Crippen LogP contribution in [0, 0.1) is 23.7 Å². The van der Waals surface area contributed by atoms with Gasteiger partial charge in [0, 0.05) is 25.0 Å². The minimum absolute atomic E-state index is 0.190. The molecule has 0 aromatic rings. The first-order chi connectivity index (χ1) is 9.15. The van der Waals surface area contributed by atoms with E-state index in [1.807, 2.05) is 4.90 Å². The van der Waals surface area contributed by atoms with Gasteiger partial charge in [0.2, 0.25) is 5.91 Å². The maximum Gasteiger partial charge on any atom is 0.225 e. The van der Waals surface area contributed by atoms with Crippen molar-refractivity contribution in [2.24, 2.45) is 29.4 Å². The van der Waals surface area contributed by atoms with Crippen LogP contribution >= 0.6 is 0 Å². The molecule has 108 valence electrons. The van der Waals surface area contributed by atoms with Gasteiger partial charge in [-0.3, -0.25) is 4.79 Å². The Hall–Kier alpha value is -0.570. The lowest BCUT2D eigenvalue weighted by Gasteiger charge is -2.39. The number of hydrogen-bond donors (Lipinski definition) is 1. The lowest BCUT2D eigenvalue weighted by Crippen LogP contribution is -2.40. The SMILES string of the molecule is CC1CN(C(=O)C2CCC3CCCCC3C2)CC1N. The summed E-state index contributed by atoms with van der Waals surface area (Å²) in [5.41, 5.74) is 6.05. The molecule has 2 saturated carbocycles. The van der Waals surface area contributed by atoms with Crippen LogP contribution in [-0.2, 0) is 4.79 Å². The van der Waals surface area contributed by atoms with Crippen molar-refractivity contribution in [2.45, 2.75) is 57.9 Å². The third-order valence-electron chi connectivity index (χ3n) is 5.87. The fourth-order valence-electron chi connectivity index (χ4n) is 4.53. The molecule has 3 heteroatoms. The van der Waals surface area contributed by atoms with E-state index in [4.69, 9.17) is 5.73 Å². The summed E-state index contributed by atoms with van der Waals surface area (Å²) in [6, 6.07) is 0.190. The molecule has 2 N–H and O–H groups in total. The summed E-state index contributed by atoms with van der Waals surface area (Å²) in [5, 5.41) is 0. The van der Waals surface area contributed by atoms with Crippen LogP contribution < -0.4 is 5.73 Å². The molecule has 3 fully saturated rings. The second kappa shape index (κ2) is 5.43. The fraction of sp³-hybridized carbons (Fsp3) is 0.938. The molecule has 0 radical (unpaired) electrons. The Morgan fingerprint density at radius 1 is 1.05 bits per heavy atom. The zero-order valence-electron chi connectivity index (χ0n) is 12.2. The van der Waals surface area contributed by atoms with E-state index in [2.05, 4.69) is 6.92 Å². The van der Waals surface area contributed by atoms with Gasteiger partial charge in [0.1, 0.15) is 0 Å². The molecule has 2 aliphatic carbocycles. The zero-order chi connectivity index (χ0) is 13.4. The molecule has 1 heterocycles. The maximum atomic E-state index is 12.6. The average molecular weight is 264 g/mol. The van der Waals surface area contributed by atoms with Gasteiger partial charge < -0.3 is 10.6 Å². The normalized spacial score (nSPS) is 43.1. The van der Waals surface area contributed by atoms with Crippen LogP contribution in [0.3, 0.4) is 0 Å². The van der Waals surface area contributed by atoms with Crippen molar-refractivity contribution in [3.8, 4) is 0 Å². The second-order valence-electron chi connectivity index (χ2n) is 7.20. The Balaban J connectivity index is 1.59. The van der Waals surface area contributed by atoms with Gasteiger partial charge in [-0.25, -0.2) is 0 Å². The van der Waals surface area contributed by atoms with Crippen molar-refractivity contribution in [3.05, 3.63) is 0 Å². The van der Waals surface area contributed by atoms with E-state index < -0.39 is 0 Å². The number of likely N-dealkylation sites (tertiary alicyclic amines) is 1. The van der Waals surface area contributed by atoms with Crippen LogP contribution in [0.5, 0.6) is 0 Å². The molecule has 0 spiro atoms. The van der Waals surface area contributed by atoms with Gasteiger partial charge in [-0.05, 0) is 37.0 Å². The van der Waals surface area contributed by atoms with E-state index in [0.717, 1.165) is 37.8 Å². The topological polar surface area (TPSA) is 46.3 Å². The lowest BCUT2D eigenvalue weighted by molar-refractivity contribution is -0.137. The largest absolute Gasteiger partial charge is 0.341 e. The molecule has 0 aromatic carbocycles. The summed E-state index contributed by atoms with van der Waals surface area (Å²) in [6.07, 6.45) is 9.15. The first kappa shape index (κ1) is 13.4. The van der Waals surface area contributed by atoms with E-state index in [0.29, 0.717) is 17.7 Å². The number of fused-ring (bicyclic) bond motifs is 1. The molecule has 3 rings (SSSR count). The number of carbonyl (C=O) groups excluding carboxylic acids is 1. The monoisotopic (exact) mass is 264 g/mol. The predicted molar refractivity (Wildman–Crippen MR) is 76.5 cm³/mol. The van der Waals surface area contributed by atoms with Crippen molar-refractivity contribution in [2.75, 3.05) is 13.1 Å². The van der Waals surface area contributed by atoms with E-state index in [9.17, 15) is 4.79 Å². The van der Waals surface area contributed by atoms with Crippen molar-refractivity contribution in [1.29, 1.82) is 0 Å². The van der Waals surface area contributed by atoms with Gasteiger partial charge in [0.05, 0.1) is 0 Å². The van der Waals surface area contributed by atoms with Crippen LogP contribution in [0.25, 0.3) is 0 Å². The first-order valence-electron chi connectivity index (χ1n) is 8.19. The number of nitrogens with zero attached hydrogens (tertiary/aromatic N) is 1. The third kappa shape index (κ3) is 2.67. The Labute approximate surface area is 116 Å². The summed E-state index contributed by atoms with van der Waals surface area (Å²) in [6.45, 7) is 3.82. The highest BCUT2D eigenvalue weighted by Gasteiger charge is 2.38. The quantitative estimate of drug-likeness (QED) is 0.790. The molecule has 0 aromatic heterocycles. The summed E-state index contributed by atoms with van der Waals surface area (Å²) >= 11 is 0. The number of rotatable bonds is 1. The van der Waals surface area contributed by atoms with Gasteiger partial charge in [0.15, 0.2) is 0 Å². The van der Waals surface area contributed by atoms with Crippen molar-refractivity contribution >= 4 is 5.91 Å². The van der Waals surface area contributed by atoms with E-state index in [1.54, 1.807) is 0 Å². The highest BCUT2D eigenvalue weighted by atomic mass is 16.2. The summed E-state index contributed by atoms with van der Waals surface area (Å²) in [4.78, 5) is 14.7. The van der Waals surface area contributed by atoms with Crippen molar-refractivity contribution < 1.29 is 4.79 Å². The predicted octanol–water partition coefficient (Wildman–Crippen LogP) is 2.40. The first-order valence-corrected chi connectivity index (χ1v) is 8.19. The molecule has 1 amide bonds. The lowest BCUT2D eigenvalue weighted by atomic mass is 9.67. The molecule has 1 saturated heterocycles. The number of amides is 1. The van der Waals surface area contributed by atoms with Gasteiger partial charge in [0.25, 0.3) is 0 Å². The summed E-state index contributed by atoms with van der Waals surface area (Å²) < 4.78 is 0. The van der Waals surface area contributed by atoms with Crippen LogP contribution in [-0.4, -0.2) is 29.9 Å². The molecule has 5 unspecified atom stereocenters. The molecular formula is C16H28N2O. The molecule has 3 nitrogen and oxygen atoms in total. The fourth-order valence-corrected chi connectivity index (χ4v) is 4.53. The minimum atomic E-state index is 0.190. The number of carbonyl (C=O) groups is 1. The van der Waals surface area contributed by atoms with Crippen molar-refractivity contribution in [1.82, 2.24) is 4.90 Å². The molecule has 1 aliphatic heterocycles. The van der Waals surface area contributed by atoms with Crippen LogP contribution in [0.15, 0.2) is 0 Å². The highest BCUT2D eigenvalue weighted by Crippen LogP contribution is 2.43. The van der Waals surface area contributed by atoms with Crippen molar-refractivity contribution in [3.63, 3.8) is 0 Å². The van der Waals surface area contributed by atoms with Gasteiger partial charge in [-0.2, -0.15) is 0 Å². The molecule has 19 heavy (non-hydrogen) atoms. The Morgan fingerprint density at radius 2 is 1.79 bits per heavy atom. The second-order valence-corrected chi connectivity index (χ2v) is 7.20. The number of nitrogens with two attached hydrogens (primary N) is 1. The van der Waals surface area contributed by atoms with E-state index >= 15 is 0 Å². The summed E-state index contributed by atoms with van der Waals surface area (Å²) in [7, 11) is 0. The van der Waals surface area contributed by atoms with Gasteiger partial charge in [-0.1, -0.05) is 32.6 Å². The van der Waals surface area contributed by atoms with E-state index in [-0.39, 0.29) is 6.04 Å². The number of hydrogen-bond acceptors (Lipinski definition) is 2. The zero-order valence-corrected chi connectivity index (χ0v) is 12.2. The molecular weight excluding hydrogens is 236 g/mol. The van der Waals surface area contributed by atoms with Crippen LogP contribution in [0.2, 0.25) is 0 Å². The van der Waals surface area contributed by atoms with Gasteiger partial charge >= 0.3 is 0 Å². The smallest absolute Gasteiger partial charge is 0.225 e. The Kier molecular flexibility index (Phi) is 3.84. The molecule has 5 atom stereocenters. The van der Waals surface area contributed by atoms with Crippen LogP contribution in [0.1, 0.15) is 51.9 Å². The van der Waals surface area contributed by atoms with Gasteiger partial charge in [-0.15, -0.1) is 0 Å². The van der Waals surface area contributed by atoms with E-state index in [1.165, 1.54) is 32.1 Å². The third-order valence-corrected chi connectivity index (χ3v) is 5.87. The maximum absolute atomic E-state index is 12.6. The minimum Gasteiger partial charge on any atom is -0.341 e. The summed E-state index contributed by atoms with van der Waals surface area (Å²) in [5.74, 6) is 2.94. The average Bonchev–Trinajstić information content (AvgIpc) is 2.77. The Morgan fingerprint density at radius 3 is 2.47 bits per heavy atom. The molecule has 0 bridgehead atoms. The standard InChI is InChI=1S/C16H28N2O/c1-11-9-18(10-15(11)17)16(19)14-7-6-12-4-2-3-5-13(12)8-14/h11-15H,2-10,17H2,1H3. The van der Waals surface area contributed by atoms with Crippen LogP contribution in [0.4, 0.5) is 0 Å². The molecule has 3 aliphatic rings. The Bertz CT molecular complexity index is 334.